The predicted molar refractivity (Wildman–Crippen MR) is 86.3 cm³/mol. The monoisotopic (exact) mass is 323 g/mol. The number of aryl methyl sites for hydroxylation is 1. The van der Waals surface area contributed by atoms with Crippen molar-refractivity contribution in [3.05, 3.63) is 53.1 Å². The Morgan fingerprint density at radius 1 is 1.38 bits per heavy atom. The first-order chi connectivity index (χ1) is 11.6. The second kappa shape index (κ2) is 5.34. The predicted octanol–water partition coefficient (Wildman–Crippen LogP) is 2.52. The lowest BCUT2D eigenvalue weighted by Gasteiger charge is -2.14. The van der Waals surface area contributed by atoms with Crippen molar-refractivity contribution in [1.82, 2.24) is 15.0 Å². The van der Waals surface area contributed by atoms with Gasteiger partial charge in [-0.15, -0.1) is 5.10 Å². The van der Waals surface area contributed by atoms with Gasteiger partial charge in [0, 0.05) is 24.1 Å². The molecule has 2 aliphatic rings. The Balaban J connectivity index is 1.48. The minimum absolute atomic E-state index is 0.254. The van der Waals surface area contributed by atoms with Crippen LogP contribution in [0.4, 0.5) is 10.5 Å². The first kappa shape index (κ1) is 14.7. The van der Waals surface area contributed by atoms with E-state index in [2.05, 4.69) is 15.2 Å². The van der Waals surface area contributed by atoms with Crippen molar-refractivity contribution in [3.63, 3.8) is 0 Å². The van der Waals surface area contributed by atoms with Gasteiger partial charge in [-0.05, 0) is 31.2 Å². The average molecular weight is 323 g/mol. The summed E-state index contributed by atoms with van der Waals surface area (Å²) >= 11 is 0. The number of amides is 1. The van der Waals surface area contributed by atoms with Gasteiger partial charge in [0.15, 0.2) is 0 Å². The standard InChI is InChI=1S/C17H17N5O2/c1-12-9-19-20-22(12)11-15-10-21(16(23)24-15)14-5-3-13(4-6-14)17(18-2)7-8-17/h3-6,9,15H,7-8,10-11H2,1H3. The van der Waals surface area contributed by atoms with E-state index in [0.29, 0.717) is 13.1 Å². The van der Waals surface area contributed by atoms with Crippen molar-refractivity contribution in [1.29, 1.82) is 0 Å². The second-order valence-electron chi connectivity index (χ2n) is 6.36. The van der Waals surface area contributed by atoms with Crippen LogP contribution in [0.15, 0.2) is 30.5 Å². The highest BCUT2D eigenvalue weighted by Crippen LogP contribution is 2.49. The number of carbonyl (C=O) groups excluding carboxylic acids is 1. The molecule has 7 heteroatoms. The zero-order valence-electron chi connectivity index (χ0n) is 13.3. The van der Waals surface area contributed by atoms with Gasteiger partial charge in [0.2, 0.25) is 0 Å². The number of ether oxygens (including phenoxy) is 1. The second-order valence-corrected chi connectivity index (χ2v) is 6.36. The number of benzene rings is 1. The van der Waals surface area contributed by atoms with Gasteiger partial charge in [-0.1, -0.05) is 5.21 Å². The third kappa shape index (κ3) is 2.40. The van der Waals surface area contributed by atoms with Crippen LogP contribution in [0.5, 0.6) is 0 Å². The molecule has 1 amide bonds. The molecule has 4 rings (SSSR count). The quantitative estimate of drug-likeness (QED) is 0.811. The molecule has 0 N–H and O–H groups in total. The van der Waals surface area contributed by atoms with E-state index in [0.717, 1.165) is 29.8 Å². The molecular weight excluding hydrogens is 306 g/mol. The van der Waals surface area contributed by atoms with Crippen LogP contribution in [0.3, 0.4) is 0 Å². The van der Waals surface area contributed by atoms with Gasteiger partial charge < -0.3 is 9.58 Å². The molecule has 1 aliphatic heterocycles. The molecular formula is C17H17N5O2. The number of anilines is 1. The van der Waals surface area contributed by atoms with Gasteiger partial charge in [0.25, 0.3) is 5.54 Å². The summed E-state index contributed by atoms with van der Waals surface area (Å²) < 4.78 is 7.17. The van der Waals surface area contributed by atoms with Gasteiger partial charge in [-0.3, -0.25) is 4.90 Å². The summed E-state index contributed by atoms with van der Waals surface area (Å²) in [6.45, 7) is 10.2. The summed E-state index contributed by atoms with van der Waals surface area (Å²) in [6.07, 6.45) is 2.91. The Kier molecular flexibility index (Phi) is 3.27. The molecule has 7 nitrogen and oxygen atoms in total. The first-order valence-electron chi connectivity index (χ1n) is 7.94. The molecule has 1 aromatic heterocycles. The number of hydrogen-bond donors (Lipinski definition) is 0. The van der Waals surface area contributed by atoms with Crippen LogP contribution in [-0.2, 0) is 16.8 Å². The number of carbonyl (C=O) groups is 1. The molecule has 1 aliphatic carbocycles. The van der Waals surface area contributed by atoms with Crippen molar-refractivity contribution in [2.75, 3.05) is 11.4 Å². The van der Waals surface area contributed by atoms with Crippen molar-refractivity contribution in [3.8, 4) is 0 Å². The zero-order chi connectivity index (χ0) is 16.7. The fourth-order valence-electron chi connectivity index (χ4n) is 3.04. The number of cyclic esters (lactones) is 1. The highest BCUT2D eigenvalue weighted by atomic mass is 16.6. The molecule has 1 saturated heterocycles. The Bertz CT molecular complexity index is 816. The van der Waals surface area contributed by atoms with E-state index >= 15 is 0 Å². The van der Waals surface area contributed by atoms with Crippen LogP contribution in [0.25, 0.3) is 4.85 Å². The van der Waals surface area contributed by atoms with Crippen LogP contribution in [0, 0.1) is 13.5 Å². The Morgan fingerprint density at radius 2 is 2.12 bits per heavy atom. The largest absolute Gasteiger partial charge is 0.442 e. The number of hydrogen-bond acceptors (Lipinski definition) is 4. The average Bonchev–Trinajstić information content (AvgIpc) is 3.18. The number of aromatic nitrogens is 3. The summed E-state index contributed by atoms with van der Waals surface area (Å²) in [6, 6.07) is 7.68. The lowest BCUT2D eigenvalue weighted by Crippen LogP contribution is -2.26. The smallest absolute Gasteiger partial charge is 0.414 e. The van der Waals surface area contributed by atoms with E-state index in [1.807, 2.05) is 31.2 Å². The highest BCUT2D eigenvalue weighted by molar-refractivity contribution is 5.89. The van der Waals surface area contributed by atoms with Crippen LogP contribution in [0.1, 0.15) is 24.1 Å². The molecule has 0 bridgehead atoms. The minimum atomic E-state index is -0.350. The summed E-state index contributed by atoms with van der Waals surface area (Å²) in [4.78, 5) is 17.5. The summed E-state index contributed by atoms with van der Waals surface area (Å²) in [5.41, 5.74) is 2.44. The fourth-order valence-corrected chi connectivity index (χ4v) is 3.04. The molecule has 2 heterocycles. The molecule has 2 fully saturated rings. The van der Waals surface area contributed by atoms with Crippen LogP contribution in [-0.4, -0.2) is 33.7 Å². The van der Waals surface area contributed by atoms with E-state index < -0.39 is 0 Å². The summed E-state index contributed by atoms with van der Waals surface area (Å²) in [7, 11) is 0. The SMILES string of the molecule is [C-]#[N+]C1(c2ccc(N3CC(Cn4nncc4C)OC3=O)cc2)CC1. The molecule has 1 aromatic carbocycles. The lowest BCUT2D eigenvalue weighted by molar-refractivity contribution is 0.128. The molecule has 0 radical (unpaired) electrons. The van der Waals surface area contributed by atoms with Gasteiger partial charge in [0.05, 0.1) is 25.0 Å². The highest BCUT2D eigenvalue weighted by Gasteiger charge is 2.52. The molecule has 122 valence electrons. The number of rotatable bonds is 4. The molecule has 1 atom stereocenters. The third-order valence-electron chi connectivity index (χ3n) is 4.72. The van der Waals surface area contributed by atoms with E-state index in [1.54, 1.807) is 15.8 Å². The van der Waals surface area contributed by atoms with Crippen molar-refractivity contribution >= 4 is 11.8 Å². The zero-order valence-corrected chi connectivity index (χ0v) is 13.3. The normalized spacial score (nSPS) is 21.4. The van der Waals surface area contributed by atoms with Gasteiger partial charge >= 0.3 is 6.09 Å². The number of nitrogens with zero attached hydrogens (tertiary/aromatic N) is 5. The van der Waals surface area contributed by atoms with E-state index in [4.69, 9.17) is 11.3 Å². The van der Waals surface area contributed by atoms with Gasteiger partial charge in [-0.2, -0.15) is 0 Å². The summed E-state index contributed by atoms with van der Waals surface area (Å²) in [5.74, 6) is 0. The maximum atomic E-state index is 12.2. The van der Waals surface area contributed by atoms with Crippen LogP contribution < -0.4 is 4.90 Å². The Labute approximate surface area is 139 Å². The van der Waals surface area contributed by atoms with Crippen molar-refractivity contribution < 1.29 is 9.53 Å². The Morgan fingerprint density at radius 3 is 2.71 bits per heavy atom. The van der Waals surface area contributed by atoms with Gasteiger partial charge in [-0.25, -0.2) is 16.0 Å². The first-order valence-corrected chi connectivity index (χ1v) is 7.94. The molecule has 1 unspecified atom stereocenters. The maximum Gasteiger partial charge on any atom is 0.414 e. The third-order valence-corrected chi connectivity index (χ3v) is 4.72. The molecule has 2 aromatic rings. The van der Waals surface area contributed by atoms with Crippen molar-refractivity contribution in [2.45, 2.75) is 38.0 Å². The molecule has 0 spiro atoms. The summed E-state index contributed by atoms with van der Waals surface area (Å²) in [5, 5.41) is 7.83. The maximum absolute atomic E-state index is 12.2. The van der Waals surface area contributed by atoms with E-state index in [1.165, 1.54) is 0 Å². The van der Waals surface area contributed by atoms with E-state index in [-0.39, 0.29) is 17.7 Å². The van der Waals surface area contributed by atoms with Crippen LogP contribution >= 0.6 is 0 Å². The topological polar surface area (TPSA) is 64.6 Å². The lowest BCUT2D eigenvalue weighted by atomic mass is 10.1. The van der Waals surface area contributed by atoms with Crippen molar-refractivity contribution in [2.24, 2.45) is 0 Å². The minimum Gasteiger partial charge on any atom is -0.442 e. The van der Waals surface area contributed by atoms with Gasteiger partial charge in [0.1, 0.15) is 6.10 Å². The molecule has 1 saturated carbocycles. The Hall–Kier alpha value is -2.88. The fraction of sp³-hybridized carbons (Fsp3) is 0.412. The van der Waals surface area contributed by atoms with Crippen LogP contribution in [0.2, 0.25) is 0 Å². The van der Waals surface area contributed by atoms with E-state index in [9.17, 15) is 4.79 Å². The molecule has 24 heavy (non-hydrogen) atoms.